The van der Waals surface area contributed by atoms with Crippen LogP contribution in [0, 0.1) is 28.1 Å². The molecule has 0 aliphatic heterocycles. The first-order valence-corrected chi connectivity index (χ1v) is 9.20. The van der Waals surface area contributed by atoms with Crippen LogP contribution >= 0.6 is 0 Å². The molecule has 0 radical (unpaired) electrons. The second kappa shape index (κ2) is 4.81. The Morgan fingerprint density at radius 1 is 1.23 bits per heavy atom. The molecule has 0 unspecified atom stereocenters. The van der Waals surface area contributed by atoms with Crippen molar-refractivity contribution in [2.45, 2.75) is 51.0 Å². The van der Waals surface area contributed by atoms with E-state index < -0.39 is 10.0 Å². The summed E-state index contributed by atoms with van der Waals surface area (Å²) in [4.78, 5) is 0.230. The predicted molar refractivity (Wildman–Crippen MR) is 84.5 cm³/mol. The number of nitrogens with one attached hydrogen (secondary N) is 1. The molecule has 4 nitrogen and oxygen atoms in total. The van der Waals surface area contributed by atoms with Crippen LogP contribution < -0.4 is 4.72 Å². The Labute approximate surface area is 132 Å². The molecule has 1 aromatic carbocycles. The van der Waals surface area contributed by atoms with Crippen molar-refractivity contribution in [2.24, 2.45) is 16.7 Å². The summed E-state index contributed by atoms with van der Waals surface area (Å²) < 4.78 is 28.4. The van der Waals surface area contributed by atoms with Crippen LogP contribution in [0.15, 0.2) is 29.2 Å². The van der Waals surface area contributed by atoms with E-state index in [2.05, 4.69) is 25.5 Å². The normalized spacial score (nSPS) is 32.8. The smallest absolute Gasteiger partial charge is 0.207 e. The van der Waals surface area contributed by atoms with E-state index in [1.165, 1.54) is 18.6 Å². The first-order chi connectivity index (χ1) is 10.2. The van der Waals surface area contributed by atoms with Crippen LogP contribution in [0.25, 0.3) is 0 Å². The molecular weight excluding hydrogens is 296 g/mol. The summed E-state index contributed by atoms with van der Waals surface area (Å²) in [5.74, 6) is 0.589. The van der Waals surface area contributed by atoms with Crippen molar-refractivity contribution in [3.8, 4) is 6.07 Å². The SMILES string of the molecule is CC1(C)[C@H]2CC[C@](C)(C2)[C@@H]1NS(=O)(=O)c1ccc(C#N)cc1. The number of nitriles is 1. The van der Waals surface area contributed by atoms with Crippen LogP contribution in [0.2, 0.25) is 0 Å². The Balaban J connectivity index is 1.90. The summed E-state index contributed by atoms with van der Waals surface area (Å²) >= 11 is 0. The molecule has 0 amide bonds. The number of hydrogen-bond acceptors (Lipinski definition) is 3. The summed E-state index contributed by atoms with van der Waals surface area (Å²) in [6.07, 6.45) is 3.38. The van der Waals surface area contributed by atoms with E-state index in [1.807, 2.05) is 6.07 Å². The van der Waals surface area contributed by atoms with Gasteiger partial charge in [0.25, 0.3) is 0 Å². The fourth-order valence-electron chi connectivity index (χ4n) is 4.53. The second-order valence-corrected chi connectivity index (χ2v) is 9.32. The maximum Gasteiger partial charge on any atom is 0.240 e. The minimum absolute atomic E-state index is 0.0212. The van der Waals surface area contributed by atoms with Gasteiger partial charge in [0.05, 0.1) is 16.5 Å². The Morgan fingerprint density at radius 2 is 1.86 bits per heavy atom. The van der Waals surface area contributed by atoms with E-state index >= 15 is 0 Å². The van der Waals surface area contributed by atoms with Gasteiger partial charge in [-0.2, -0.15) is 5.26 Å². The molecule has 2 bridgehead atoms. The summed E-state index contributed by atoms with van der Waals surface area (Å²) in [5, 5.41) is 8.82. The van der Waals surface area contributed by atoms with Crippen molar-refractivity contribution in [1.82, 2.24) is 4.72 Å². The number of hydrogen-bond donors (Lipinski definition) is 1. The fraction of sp³-hybridized carbons (Fsp3) is 0.588. The molecule has 22 heavy (non-hydrogen) atoms. The third-order valence-corrected chi connectivity index (χ3v) is 7.28. The number of benzene rings is 1. The van der Waals surface area contributed by atoms with Crippen LogP contribution in [0.5, 0.6) is 0 Å². The van der Waals surface area contributed by atoms with Crippen LogP contribution in [-0.2, 0) is 10.0 Å². The molecule has 2 aliphatic carbocycles. The van der Waals surface area contributed by atoms with Gasteiger partial charge in [0, 0.05) is 6.04 Å². The Kier molecular flexibility index (Phi) is 3.39. The molecule has 1 aromatic rings. The largest absolute Gasteiger partial charge is 0.240 e. The fourth-order valence-corrected chi connectivity index (χ4v) is 6.06. The molecule has 0 saturated heterocycles. The highest BCUT2D eigenvalue weighted by Crippen LogP contribution is 2.62. The highest BCUT2D eigenvalue weighted by molar-refractivity contribution is 7.89. The van der Waals surface area contributed by atoms with E-state index in [9.17, 15) is 8.42 Å². The van der Waals surface area contributed by atoms with Crippen molar-refractivity contribution < 1.29 is 8.42 Å². The average molecular weight is 318 g/mol. The molecule has 118 valence electrons. The van der Waals surface area contributed by atoms with Crippen LogP contribution in [-0.4, -0.2) is 14.5 Å². The van der Waals surface area contributed by atoms with Crippen molar-refractivity contribution in [3.63, 3.8) is 0 Å². The Bertz CT molecular complexity index is 726. The van der Waals surface area contributed by atoms with E-state index in [4.69, 9.17) is 5.26 Å². The third-order valence-electron chi connectivity index (χ3n) is 5.84. The van der Waals surface area contributed by atoms with Crippen molar-refractivity contribution in [1.29, 1.82) is 5.26 Å². The second-order valence-electron chi connectivity index (χ2n) is 7.61. The van der Waals surface area contributed by atoms with Gasteiger partial charge in [-0.15, -0.1) is 0 Å². The average Bonchev–Trinajstić information content (AvgIpc) is 2.95. The standard InChI is InChI=1S/C17H22N2O2S/c1-16(2)13-8-9-17(3,10-13)15(16)19-22(20,21)14-6-4-12(11-18)5-7-14/h4-7,13,15,19H,8-10H2,1-3H3/t13-,15+,17+/m0/s1. The van der Waals surface area contributed by atoms with Gasteiger partial charge in [-0.3, -0.25) is 0 Å². The van der Waals surface area contributed by atoms with E-state index in [0.717, 1.165) is 12.8 Å². The number of fused-ring (bicyclic) bond motifs is 2. The number of sulfonamides is 1. The molecule has 0 heterocycles. The maximum atomic E-state index is 12.7. The maximum absolute atomic E-state index is 12.7. The van der Waals surface area contributed by atoms with Crippen LogP contribution in [0.1, 0.15) is 45.6 Å². The van der Waals surface area contributed by atoms with Gasteiger partial charge in [-0.25, -0.2) is 13.1 Å². The van der Waals surface area contributed by atoms with Crippen molar-refractivity contribution >= 4 is 10.0 Å². The van der Waals surface area contributed by atoms with E-state index in [1.54, 1.807) is 12.1 Å². The van der Waals surface area contributed by atoms with Crippen molar-refractivity contribution in [3.05, 3.63) is 29.8 Å². The zero-order valence-electron chi connectivity index (χ0n) is 13.3. The summed E-state index contributed by atoms with van der Waals surface area (Å²) in [6.45, 7) is 6.55. The highest BCUT2D eigenvalue weighted by atomic mass is 32.2. The van der Waals surface area contributed by atoms with Crippen molar-refractivity contribution in [2.75, 3.05) is 0 Å². The van der Waals surface area contributed by atoms with E-state index in [0.29, 0.717) is 11.5 Å². The molecule has 2 saturated carbocycles. The molecule has 2 fully saturated rings. The van der Waals surface area contributed by atoms with Gasteiger partial charge in [-0.05, 0) is 60.3 Å². The topological polar surface area (TPSA) is 70.0 Å². The Morgan fingerprint density at radius 3 is 2.36 bits per heavy atom. The first kappa shape index (κ1) is 15.5. The molecule has 1 N–H and O–H groups in total. The minimum atomic E-state index is -3.56. The summed E-state index contributed by atoms with van der Waals surface area (Å²) in [5.41, 5.74) is 0.492. The lowest BCUT2D eigenvalue weighted by Crippen LogP contribution is -2.52. The van der Waals surface area contributed by atoms with Gasteiger partial charge in [-0.1, -0.05) is 20.8 Å². The molecule has 0 spiro atoms. The monoisotopic (exact) mass is 318 g/mol. The number of nitrogens with zero attached hydrogens (tertiary/aromatic N) is 1. The van der Waals surface area contributed by atoms with Gasteiger partial charge in [0.15, 0.2) is 0 Å². The molecule has 3 atom stereocenters. The molecule has 0 aromatic heterocycles. The van der Waals surface area contributed by atoms with Gasteiger partial charge < -0.3 is 0 Å². The third kappa shape index (κ3) is 2.26. The summed E-state index contributed by atoms with van der Waals surface area (Å²) in [7, 11) is -3.56. The molecular formula is C17H22N2O2S. The molecule has 2 aliphatic rings. The van der Waals surface area contributed by atoms with Crippen LogP contribution in [0.4, 0.5) is 0 Å². The van der Waals surface area contributed by atoms with Crippen LogP contribution in [0.3, 0.4) is 0 Å². The van der Waals surface area contributed by atoms with Gasteiger partial charge >= 0.3 is 0 Å². The Hall–Kier alpha value is -1.38. The minimum Gasteiger partial charge on any atom is -0.207 e. The predicted octanol–water partition coefficient (Wildman–Crippen LogP) is 3.05. The lowest BCUT2D eigenvalue weighted by atomic mass is 9.69. The van der Waals surface area contributed by atoms with Gasteiger partial charge in [0.1, 0.15) is 0 Å². The number of rotatable bonds is 3. The summed E-state index contributed by atoms with van der Waals surface area (Å²) in [6, 6.07) is 8.06. The zero-order valence-corrected chi connectivity index (χ0v) is 14.1. The lowest BCUT2D eigenvalue weighted by molar-refractivity contribution is 0.127. The van der Waals surface area contributed by atoms with E-state index in [-0.39, 0.29) is 21.8 Å². The molecule has 5 heteroatoms. The zero-order chi connectivity index (χ0) is 16.2. The highest BCUT2D eigenvalue weighted by Gasteiger charge is 2.60. The lowest BCUT2D eigenvalue weighted by Gasteiger charge is -2.42. The quantitative estimate of drug-likeness (QED) is 0.931. The molecule has 3 rings (SSSR count). The van der Waals surface area contributed by atoms with Gasteiger partial charge in [0.2, 0.25) is 10.0 Å². The first-order valence-electron chi connectivity index (χ1n) is 7.71.